The van der Waals surface area contributed by atoms with E-state index in [0.29, 0.717) is 5.71 Å². The molecule has 0 fully saturated rings. The molecular weight excluding hydrogens is 532 g/mol. The summed E-state index contributed by atoms with van der Waals surface area (Å²) < 4.78 is 8.93. The lowest BCUT2D eigenvalue weighted by molar-refractivity contribution is 0.657. The Morgan fingerprint density at radius 2 is 1.31 bits per heavy atom. The van der Waals surface area contributed by atoms with E-state index in [1.165, 1.54) is 31.3 Å². The van der Waals surface area contributed by atoms with Crippen molar-refractivity contribution in [2.75, 3.05) is 0 Å². The molecule has 0 bridgehead atoms. The summed E-state index contributed by atoms with van der Waals surface area (Å²) in [5.74, 6) is 0. The van der Waals surface area contributed by atoms with Crippen LogP contribution in [-0.2, 0) is 0 Å². The molecule has 0 radical (unpaired) electrons. The number of thiophene rings is 1. The minimum atomic E-state index is 0.559. The van der Waals surface area contributed by atoms with Gasteiger partial charge in [0.2, 0.25) is 5.71 Å². The van der Waals surface area contributed by atoms with Crippen molar-refractivity contribution < 1.29 is 4.42 Å². The summed E-state index contributed by atoms with van der Waals surface area (Å²) in [6.07, 6.45) is 1.85. The van der Waals surface area contributed by atoms with Gasteiger partial charge in [-0.1, -0.05) is 109 Å². The summed E-state index contributed by atoms with van der Waals surface area (Å²) in [7, 11) is 0. The zero-order valence-corrected chi connectivity index (χ0v) is 23.2. The predicted octanol–water partition coefficient (Wildman–Crippen LogP) is 10.9. The largest absolute Gasteiger partial charge is 0.436 e. The zero-order valence-electron chi connectivity index (χ0n) is 22.4. The number of benzene rings is 6. The van der Waals surface area contributed by atoms with Gasteiger partial charge in [0.15, 0.2) is 0 Å². The number of hydrogen-bond donors (Lipinski definition) is 0. The summed E-state index contributed by atoms with van der Waals surface area (Å²) in [4.78, 5) is 9.68. The SMILES string of the molecule is c1cc(-c2ccc(-c3cccc4c3sc3ccccc34)cc2)cc(-c2cnc3c(n2)oc2c4ccccc4ccc32)c1. The summed E-state index contributed by atoms with van der Waals surface area (Å²) >= 11 is 1.87. The molecule has 0 atom stereocenters. The highest BCUT2D eigenvalue weighted by Gasteiger charge is 2.15. The third-order valence-corrected chi connectivity index (χ3v) is 9.39. The molecule has 0 spiro atoms. The Morgan fingerprint density at radius 1 is 0.548 bits per heavy atom. The molecule has 4 heteroatoms. The second-order valence-corrected chi connectivity index (χ2v) is 11.7. The van der Waals surface area contributed by atoms with Crippen molar-refractivity contribution in [3.63, 3.8) is 0 Å². The van der Waals surface area contributed by atoms with Crippen molar-refractivity contribution in [1.29, 1.82) is 0 Å². The van der Waals surface area contributed by atoms with E-state index in [0.717, 1.165) is 49.6 Å². The first-order valence-corrected chi connectivity index (χ1v) is 14.8. The average molecular weight is 555 g/mol. The Balaban J connectivity index is 1.08. The Labute approximate surface area is 245 Å². The first-order valence-electron chi connectivity index (χ1n) is 14.0. The molecule has 9 aromatic rings. The van der Waals surface area contributed by atoms with Gasteiger partial charge in [-0.2, -0.15) is 0 Å². The third kappa shape index (κ3) is 3.59. The standard InChI is InChI=1S/C38H22N2OS/c1-2-10-28-24(7-1)19-20-32-35-38(41-36(28)32)40-33(22-39-35)27-9-5-8-26(21-27)23-15-17-25(18-16-23)29-12-6-13-31-30-11-3-4-14-34(30)42-37(29)31/h1-22H. The lowest BCUT2D eigenvalue weighted by Gasteiger charge is -2.08. The van der Waals surface area contributed by atoms with Gasteiger partial charge in [-0.3, -0.25) is 0 Å². The fourth-order valence-electron chi connectivity index (χ4n) is 6.08. The minimum absolute atomic E-state index is 0.559. The van der Waals surface area contributed by atoms with Crippen LogP contribution >= 0.6 is 11.3 Å². The smallest absolute Gasteiger partial charge is 0.246 e. The molecule has 3 nitrogen and oxygen atoms in total. The van der Waals surface area contributed by atoms with Crippen molar-refractivity contribution in [2.24, 2.45) is 0 Å². The van der Waals surface area contributed by atoms with E-state index in [2.05, 4.69) is 115 Å². The Morgan fingerprint density at radius 3 is 2.24 bits per heavy atom. The van der Waals surface area contributed by atoms with Crippen LogP contribution in [0.4, 0.5) is 0 Å². The molecule has 6 aromatic carbocycles. The summed E-state index contributed by atoms with van der Waals surface area (Å²) in [6.45, 7) is 0. The first kappa shape index (κ1) is 23.4. The second kappa shape index (κ2) is 9.10. The van der Waals surface area contributed by atoms with E-state index in [1.807, 2.05) is 29.7 Å². The van der Waals surface area contributed by atoms with Gasteiger partial charge in [0, 0.05) is 36.5 Å². The number of aromatic nitrogens is 2. The molecule has 0 amide bonds. The molecule has 0 N–H and O–H groups in total. The molecule has 0 saturated carbocycles. The summed E-state index contributed by atoms with van der Waals surface area (Å²) in [5, 5.41) is 5.85. The molecule has 9 rings (SSSR count). The molecule has 42 heavy (non-hydrogen) atoms. The Kier molecular flexibility index (Phi) is 5.07. The number of rotatable bonds is 3. The topological polar surface area (TPSA) is 38.9 Å². The van der Waals surface area contributed by atoms with Crippen molar-refractivity contribution in [1.82, 2.24) is 9.97 Å². The molecule has 0 aliphatic heterocycles. The lowest BCUT2D eigenvalue weighted by Crippen LogP contribution is -1.87. The molecule has 0 aliphatic carbocycles. The van der Waals surface area contributed by atoms with Crippen LogP contribution < -0.4 is 0 Å². The summed E-state index contributed by atoms with van der Waals surface area (Å²) in [5.41, 5.74) is 8.78. The van der Waals surface area contributed by atoms with E-state index in [-0.39, 0.29) is 0 Å². The minimum Gasteiger partial charge on any atom is -0.436 e. The second-order valence-electron chi connectivity index (χ2n) is 10.6. The number of hydrogen-bond acceptors (Lipinski definition) is 4. The van der Waals surface area contributed by atoms with Crippen molar-refractivity contribution in [3.05, 3.63) is 134 Å². The van der Waals surface area contributed by atoms with Crippen LogP contribution in [0.5, 0.6) is 0 Å². The van der Waals surface area contributed by atoms with Crippen LogP contribution in [0.2, 0.25) is 0 Å². The molecule has 196 valence electrons. The van der Waals surface area contributed by atoms with E-state index < -0.39 is 0 Å². The van der Waals surface area contributed by atoms with Crippen LogP contribution in [0.25, 0.3) is 86.7 Å². The molecule has 0 saturated heterocycles. The van der Waals surface area contributed by atoms with E-state index >= 15 is 0 Å². The lowest BCUT2D eigenvalue weighted by atomic mass is 9.98. The van der Waals surface area contributed by atoms with Crippen molar-refractivity contribution >= 4 is 64.5 Å². The maximum Gasteiger partial charge on any atom is 0.246 e. The van der Waals surface area contributed by atoms with Gasteiger partial charge in [0.05, 0.1) is 11.9 Å². The summed E-state index contributed by atoms with van der Waals surface area (Å²) in [6, 6.07) is 45.0. The molecule has 0 aliphatic rings. The van der Waals surface area contributed by atoms with Gasteiger partial charge in [0.25, 0.3) is 0 Å². The van der Waals surface area contributed by atoms with Gasteiger partial charge in [-0.25, -0.2) is 9.97 Å². The van der Waals surface area contributed by atoms with Crippen molar-refractivity contribution in [3.8, 4) is 33.5 Å². The van der Waals surface area contributed by atoms with Gasteiger partial charge in [-0.05, 0) is 45.8 Å². The predicted molar refractivity (Wildman–Crippen MR) is 176 cm³/mol. The number of fused-ring (bicyclic) bond motifs is 8. The van der Waals surface area contributed by atoms with Gasteiger partial charge in [-0.15, -0.1) is 11.3 Å². The zero-order chi connectivity index (χ0) is 27.6. The normalized spacial score (nSPS) is 11.8. The van der Waals surface area contributed by atoms with Gasteiger partial charge >= 0.3 is 0 Å². The highest BCUT2D eigenvalue weighted by molar-refractivity contribution is 7.26. The molecular formula is C38H22N2OS. The van der Waals surface area contributed by atoms with Crippen LogP contribution in [0.15, 0.2) is 138 Å². The molecule has 3 aromatic heterocycles. The third-order valence-electron chi connectivity index (χ3n) is 8.17. The average Bonchev–Trinajstić information content (AvgIpc) is 3.63. The Hall–Kier alpha value is -5.32. The maximum absolute atomic E-state index is 6.27. The van der Waals surface area contributed by atoms with E-state index in [1.54, 1.807) is 0 Å². The van der Waals surface area contributed by atoms with E-state index in [9.17, 15) is 0 Å². The fourth-order valence-corrected chi connectivity index (χ4v) is 7.32. The monoisotopic (exact) mass is 554 g/mol. The number of furan rings is 1. The van der Waals surface area contributed by atoms with Gasteiger partial charge < -0.3 is 4.42 Å². The highest BCUT2D eigenvalue weighted by Crippen LogP contribution is 2.40. The quantitative estimate of drug-likeness (QED) is 0.218. The highest BCUT2D eigenvalue weighted by atomic mass is 32.1. The molecule has 0 unspecified atom stereocenters. The number of nitrogens with zero attached hydrogens (tertiary/aromatic N) is 2. The van der Waals surface area contributed by atoms with Crippen LogP contribution in [-0.4, -0.2) is 9.97 Å². The maximum atomic E-state index is 6.27. The van der Waals surface area contributed by atoms with Crippen LogP contribution in [0.1, 0.15) is 0 Å². The Bertz CT molecular complexity index is 2470. The first-order chi connectivity index (χ1) is 20.8. The molecule has 3 heterocycles. The van der Waals surface area contributed by atoms with E-state index in [4.69, 9.17) is 14.4 Å². The van der Waals surface area contributed by atoms with Gasteiger partial charge in [0.1, 0.15) is 11.1 Å². The fraction of sp³-hybridized carbons (Fsp3) is 0. The van der Waals surface area contributed by atoms with Crippen LogP contribution in [0.3, 0.4) is 0 Å². The van der Waals surface area contributed by atoms with Crippen molar-refractivity contribution in [2.45, 2.75) is 0 Å². The van der Waals surface area contributed by atoms with Crippen LogP contribution in [0, 0.1) is 0 Å².